The Kier molecular flexibility index (Phi) is 4.82. The molecule has 0 aromatic carbocycles. The molecule has 3 heteroatoms. The zero-order valence-corrected chi connectivity index (χ0v) is 10.8. The van der Waals surface area contributed by atoms with Crippen molar-refractivity contribution in [3.8, 4) is 0 Å². The van der Waals surface area contributed by atoms with E-state index >= 15 is 0 Å². The molecule has 16 heavy (non-hydrogen) atoms. The van der Waals surface area contributed by atoms with Gasteiger partial charge in [-0.05, 0) is 42.7 Å². The third kappa shape index (κ3) is 3.30. The molecule has 2 rings (SSSR count). The largest absolute Gasteiger partial charge is 0.381 e. The number of ether oxygens (including phenoxy) is 1. The highest BCUT2D eigenvalue weighted by Gasteiger charge is 2.12. The molecular weight excluding hydrogens is 218 g/mol. The summed E-state index contributed by atoms with van der Waals surface area (Å²) < 4.78 is 5.47. The Hall–Kier alpha value is -0.380. The monoisotopic (exact) mass is 239 g/mol. The Balaban J connectivity index is 1.81. The molecule has 0 saturated carbocycles. The smallest absolute Gasteiger partial charge is 0.0480 e. The molecule has 2 nitrogen and oxygen atoms in total. The van der Waals surface area contributed by atoms with E-state index in [1.165, 1.54) is 23.3 Å². The van der Waals surface area contributed by atoms with Crippen molar-refractivity contribution in [3.63, 3.8) is 0 Å². The molecule has 0 amide bonds. The number of hydrogen-bond acceptors (Lipinski definition) is 3. The predicted molar refractivity (Wildman–Crippen MR) is 69.0 cm³/mol. The lowest BCUT2D eigenvalue weighted by molar-refractivity contribution is 0.142. The van der Waals surface area contributed by atoms with Crippen molar-refractivity contribution in [2.45, 2.75) is 45.2 Å². The lowest BCUT2D eigenvalue weighted by atomic mass is 10.1. The maximum absolute atomic E-state index is 5.47. The van der Waals surface area contributed by atoms with Gasteiger partial charge < -0.3 is 10.1 Å². The van der Waals surface area contributed by atoms with Gasteiger partial charge in [0.2, 0.25) is 0 Å². The second-order valence-corrected chi connectivity index (χ2v) is 5.34. The molecular formula is C13H21NOS. The van der Waals surface area contributed by atoms with Crippen LogP contribution in [0, 0.1) is 0 Å². The molecule has 1 aliphatic heterocycles. The molecule has 0 bridgehead atoms. The van der Waals surface area contributed by atoms with Gasteiger partial charge in [0.05, 0.1) is 0 Å². The maximum atomic E-state index is 5.47. The van der Waals surface area contributed by atoms with Crippen LogP contribution in [0.5, 0.6) is 0 Å². The Morgan fingerprint density at radius 2 is 2.38 bits per heavy atom. The van der Waals surface area contributed by atoms with Gasteiger partial charge in [-0.2, -0.15) is 0 Å². The average Bonchev–Trinajstić information content (AvgIpc) is 2.60. The summed E-state index contributed by atoms with van der Waals surface area (Å²) in [7, 11) is 0. The van der Waals surface area contributed by atoms with Crippen molar-refractivity contribution < 1.29 is 4.74 Å². The fourth-order valence-corrected chi connectivity index (χ4v) is 3.11. The number of nitrogens with one attached hydrogen (secondary N) is 1. The minimum absolute atomic E-state index is 0.648. The summed E-state index contributed by atoms with van der Waals surface area (Å²) in [5.41, 5.74) is 1.50. The van der Waals surface area contributed by atoms with Crippen molar-refractivity contribution in [3.05, 3.63) is 21.9 Å². The van der Waals surface area contributed by atoms with E-state index in [9.17, 15) is 0 Å². The molecule has 1 atom stereocenters. The normalized spacial score (nSPS) is 21.9. The second kappa shape index (κ2) is 6.38. The van der Waals surface area contributed by atoms with E-state index in [1.807, 2.05) is 11.3 Å². The summed E-state index contributed by atoms with van der Waals surface area (Å²) in [5, 5.41) is 5.87. The first-order valence-electron chi connectivity index (χ1n) is 6.26. The Morgan fingerprint density at radius 3 is 3.25 bits per heavy atom. The van der Waals surface area contributed by atoms with Crippen LogP contribution in [0.1, 0.15) is 36.6 Å². The highest BCUT2D eigenvalue weighted by molar-refractivity contribution is 7.10. The molecule has 2 heterocycles. The van der Waals surface area contributed by atoms with Gasteiger partial charge in [0.25, 0.3) is 0 Å². The third-order valence-electron chi connectivity index (χ3n) is 3.22. The molecule has 90 valence electrons. The topological polar surface area (TPSA) is 21.3 Å². The lowest BCUT2D eigenvalue weighted by Gasteiger charge is -2.15. The molecule has 0 radical (unpaired) electrons. The van der Waals surface area contributed by atoms with Crippen LogP contribution < -0.4 is 5.32 Å². The first-order valence-corrected chi connectivity index (χ1v) is 7.14. The zero-order chi connectivity index (χ0) is 11.2. The molecule has 0 aliphatic carbocycles. The van der Waals surface area contributed by atoms with E-state index in [1.54, 1.807) is 0 Å². The van der Waals surface area contributed by atoms with Crippen LogP contribution in [0.4, 0.5) is 0 Å². The first-order chi connectivity index (χ1) is 7.90. The van der Waals surface area contributed by atoms with Gasteiger partial charge in [0, 0.05) is 30.7 Å². The molecule has 1 aromatic heterocycles. The molecule has 0 spiro atoms. The van der Waals surface area contributed by atoms with Crippen LogP contribution in [0.15, 0.2) is 11.4 Å². The van der Waals surface area contributed by atoms with E-state index in [0.29, 0.717) is 6.04 Å². The van der Waals surface area contributed by atoms with Crippen molar-refractivity contribution in [1.82, 2.24) is 5.32 Å². The predicted octanol–water partition coefficient (Wildman–Crippen LogP) is 2.97. The fraction of sp³-hybridized carbons (Fsp3) is 0.692. The number of thiophene rings is 1. The SMILES string of the molecule is CCc1ccsc1CNC1CCCOCC1. The van der Waals surface area contributed by atoms with Gasteiger partial charge in [0.15, 0.2) is 0 Å². The molecule has 1 N–H and O–H groups in total. The van der Waals surface area contributed by atoms with E-state index in [0.717, 1.165) is 32.6 Å². The van der Waals surface area contributed by atoms with Crippen LogP contribution in [0.2, 0.25) is 0 Å². The summed E-state index contributed by atoms with van der Waals surface area (Å²) in [5.74, 6) is 0. The van der Waals surface area contributed by atoms with Crippen LogP contribution in [-0.2, 0) is 17.7 Å². The van der Waals surface area contributed by atoms with Gasteiger partial charge in [-0.1, -0.05) is 6.92 Å². The van der Waals surface area contributed by atoms with E-state index in [2.05, 4.69) is 23.7 Å². The van der Waals surface area contributed by atoms with E-state index in [4.69, 9.17) is 4.74 Å². The molecule has 1 fully saturated rings. The van der Waals surface area contributed by atoms with Crippen LogP contribution >= 0.6 is 11.3 Å². The van der Waals surface area contributed by atoms with Gasteiger partial charge in [-0.15, -0.1) is 11.3 Å². The fourth-order valence-electron chi connectivity index (χ4n) is 2.18. The summed E-state index contributed by atoms with van der Waals surface area (Å²) in [6, 6.07) is 2.90. The van der Waals surface area contributed by atoms with Crippen molar-refractivity contribution >= 4 is 11.3 Å². The highest BCUT2D eigenvalue weighted by Crippen LogP contribution is 2.18. The Bertz CT molecular complexity index is 303. The Labute approximate surface area is 102 Å². The van der Waals surface area contributed by atoms with Crippen molar-refractivity contribution in [2.24, 2.45) is 0 Å². The molecule has 1 saturated heterocycles. The minimum Gasteiger partial charge on any atom is -0.381 e. The standard InChI is InChI=1S/C13H21NOS/c1-2-11-6-9-16-13(11)10-14-12-4-3-7-15-8-5-12/h6,9,12,14H,2-5,7-8,10H2,1H3. The van der Waals surface area contributed by atoms with Crippen LogP contribution in [0.25, 0.3) is 0 Å². The van der Waals surface area contributed by atoms with Crippen molar-refractivity contribution in [2.75, 3.05) is 13.2 Å². The second-order valence-electron chi connectivity index (χ2n) is 4.34. The first kappa shape index (κ1) is 12.1. The number of aryl methyl sites for hydroxylation is 1. The maximum Gasteiger partial charge on any atom is 0.0480 e. The van der Waals surface area contributed by atoms with E-state index < -0.39 is 0 Å². The minimum atomic E-state index is 0.648. The van der Waals surface area contributed by atoms with E-state index in [-0.39, 0.29) is 0 Å². The highest BCUT2D eigenvalue weighted by atomic mass is 32.1. The van der Waals surface area contributed by atoms with Gasteiger partial charge in [-0.25, -0.2) is 0 Å². The van der Waals surface area contributed by atoms with Crippen molar-refractivity contribution in [1.29, 1.82) is 0 Å². The lowest BCUT2D eigenvalue weighted by Crippen LogP contribution is -2.28. The Morgan fingerprint density at radius 1 is 1.44 bits per heavy atom. The number of hydrogen-bond donors (Lipinski definition) is 1. The summed E-state index contributed by atoms with van der Waals surface area (Å²) in [6.07, 6.45) is 4.76. The molecule has 1 unspecified atom stereocenters. The average molecular weight is 239 g/mol. The molecule has 1 aromatic rings. The summed E-state index contributed by atoms with van der Waals surface area (Å²) >= 11 is 1.87. The summed E-state index contributed by atoms with van der Waals surface area (Å²) in [4.78, 5) is 1.51. The van der Waals surface area contributed by atoms with Gasteiger partial charge >= 0.3 is 0 Å². The molecule has 1 aliphatic rings. The van der Waals surface area contributed by atoms with Crippen LogP contribution in [-0.4, -0.2) is 19.3 Å². The van der Waals surface area contributed by atoms with Gasteiger partial charge in [0.1, 0.15) is 0 Å². The van der Waals surface area contributed by atoms with Gasteiger partial charge in [-0.3, -0.25) is 0 Å². The van der Waals surface area contributed by atoms with Crippen LogP contribution in [0.3, 0.4) is 0 Å². The summed E-state index contributed by atoms with van der Waals surface area (Å²) in [6.45, 7) is 5.12. The number of rotatable bonds is 4. The quantitative estimate of drug-likeness (QED) is 0.872. The third-order valence-corrected chi connectivity index (χ3v) is 4.18. The zero-order valence-electron chi connectivity index (χ0n) is 10.00.